The number of hydrogen-bond acceptors (Lipinski definition) is 7. The molecular weight excluding hydrogens is 298 g/mol. The van der Waals surface area contributed by atoms with Gasteiger partial charge >= 0.3 is 17.6 Å². The third kappa shape index (κ3) is 3.82. The van der Waals surface area contributed by atoms with Crippen molar-refractivity contribution in [3.05, 3.63) is 33.1 Å². The SMILES string of the molecule is CC(=O)OC[13C@H]1O[C@@H](n2ccc(=O)[nH]c2=O)C[13C@@H]1OC(C)=O. The van der Waals surface area contributed by atoms with Crippen LogP contribution in [0.3, 0.4) is 0 Å². The zero-order valence-corrected chi connectivity index (χ0v) is 12.1. The van der Waals surface area contributed by atoms with Gasteiger partial charge in [0.15, 0.2) is 0 Å². The first-order chi connectivity index (χ1) is 10.4. The van der Waals surface area contributed by atoms with Crippen LogP contribution >= 0.6 is 0 Å². The molecule has 1 fully saturated rings. The molecule has 0 unspecified atom stereocenters. The maximum absolute atomic E-state index is 11.8. The minimum Gasteiger partial charge on any atom is -0.463 e. The Labute approximate surface area is 124 Å². The monoisotopic (exact) mass is 314 g/mol. The van der Waals surface area contributed by atoms with Gasteiger partial charge in [0, 0.05) is 32.5 Å². The first-order valence-electron chi connectivity index (χ1n) is 6.64. The summed E-state index contributed by atoms with van der Waals surface area (Å²) in [6.45, 7) is 2.41. The maximum Gasteiger partial charge on any atom is 0.330 e. The molecule has 1 aromatic heterocycles. The van der Waals surface area contributed by atoms with Crippen LogP contribution in [0.5, 0.6) is 0 Å². The van der Waals surface area contributed by atoms with Crippen molar-refractivity contribution in [2.24, 2.45) is 0 Å². The van der Waals surface area contributed by atoms with Crippen molar-refractivity contribution in [3.8, 4) is 0 Å². The van der Waals surface area contributed by atoms with Crippen molar-refractivity contribution in [3.63, 3.8) is 0 Å². The first kappa shape index (κ1) is 16.0. The van der Waals surface area contributed by atoms with Crippen LogP contribution in [0.4, 0.5) is 0 Å². The van der Waals surface area contributed by atoms with Gasteiger partial charge in [-0.25, -0.2) is 4.79 Å². The van der Waals surface area contributed by atoms with E-state index in [4.69, 9.17) is 14.2 Å². The highest BCUT2D eigenvalue weighted by Gasteiger charge is 2.39. The van der Waals surface area contributed by atoms with Crippen molar-refractivity contribution in [1.82, 2.24) is 9.55 Å². The summed E-state index contributed by atoms with van der Waals surface area (Å²) >= 11 is 0. The average molecular weight is 314 g/mol. The second-order valence-corrected chi connectivity index (χ2v) is 4.83. The van der Waals surface area contributed by atoms with Crippen LogP contribution in [-0.2, 0) is 23.8 Å². The molecular formula is C13H16N2O7. The molecule has 22 heavy (non-hydrogen) atoms. The first-order valence-corrected chi connectivity index (χ1v) is 6.64. The lowest BCUT2D eigenvalue weighted by Crippen LogP contribution is -2.32. The Morgan fingerprint density at radius 2 is 2.09 bits per heavy atom. The van der Waals surface area contributed by atoms with Gasteiger partial charge in [-0.15, -0.1) is 0 Å². The highest BCUT2D eigenvalue weighted by molar-refractivity contribution is 5.66. The molecule has 1 aliphatic heterocycles. The molecule has 9 heteroatoms. The number of ether oxygens (including phenoxy) is 3. The largest absolute Gasteiger partial charge is 0.463 e. The number of nitrogens with zero attached hydrogens (tertiary/aromatic N) is 1. The van der Waals surface area contributed by atoms with E-state index >= 15 is 0 Å². The molecule has 2 heterocycles. The van der Waals surface area contributed by atoms with Crippen LogP contribution in [0.25, 0.3) is 0 Å². The Morgan fingerprint density at radius 3 is 2.68 bits per heavy atom. The summed E-state index contributed by atoms with van der Waals surface area (Å²) in [6, 6.07) is 1.19. The molecule has 0 bridgehead atoms. The maximum atomic E-state index is 11.8. The van der Waals surface area contributed by atoms with Gasteiger partial charge in [-0.1, -0.05) is 0 Å². The van der Waals surface area contributed by atoms with Crippen LogP contribution in [0.2, 0.25) is 0 Å². The van der Waals surface area contributed by atoms with E-state index < -0.39 is 41.6 Å². The summed E-state index contributed by atoms with van der Waals surface area (Å²) in [5.41, 5.74) is -1.15. The van der Waals surface area contributed by atoms with Gasteiger partial charge in [0.2, 0.25) is 0 Å². The summed E-state index contributed by atoms with van der Waals surface area (Å²) in [5, 5.41) is 0. The lowest BCUT2D eigenvalue weighted by atomic mass is 10.5. The highest BCUT2D eigenvalue weighted by atomic mass is 16.7. The molecule has 0 saturated carbocycles. The zero-order valence-electron chi connectivity index (χ0n) is 12.1. The van der Waals surface area contributed by atoms with E-state index in [2.05, 4.69) is 4.98 Å². The van der Waals surface area contributed by atoms with Gasteiger partial charge in [0.1, 0.15) is 25.0 Å². The van der Waals surface area contributed by atoms with Crippen molar-refractivity contribution in [2.75, 3.05) is 6.61 Å². The third-order valence-corrected chi connectivity index (χ3v) is 3.11. The normalized spacial score (nSPS) is 24.0. The summed E-state index contributed by atoms with van der Waals surface area (Å²) < 4.78 is 16.8. The summed E-state index contributed by atoms with van der Waals surface area (Å²) in [5.74, 6) is -0.995. The second-order valence-electron chi connectivity index (χ2n) is 4.83. The molecule has 0 amide bonds. The van der Waals surface area contributed by atoms with Crippen molar-refractivity contribution >= 4 is 11.9 Å². The lowest BCUT2D eigenvalue weighted by Gasteiger charge is -2.17. The van der Waals surface area contributed by atoms with Crippen molar-refractivity contribution < 1.29 is 23.8 Å². The molecule has 0 radical (unpaired) electrons. The predicted molar refractivity (Wildman–Crippen MR) is 72.0 cm³/mol. The number of rotatable bonds is 4. The molecule has 0 aliphatic carbocycles. The highest BCUT2D eigenvalue weighted by Crippen LogP contribution is 2.30. The third-order valence-electron chi connectivity index (χ3n) is 3.11. The standard InChI is InChI=1S/C13H16N2O7/c1-7(16)20-6-10-9(21-8(2)17)5-12(22-10)15-4-3-11(18)14-13(15)19/h3-4,9-10,12H,5-6H2,1-2H3,(H,14,18,19)/t9-,10+,12+/m0/s1/i9+1,10+1. The summed E-state index contributed by atoms with van der Waals surface area (Å²) in [6.07, 6.45) is -0.561. The molecule has 1 aromatic rings. The minimum atomic E-state index is -0.728. The van der Waals surface area contributed by atoms with Gasteiger partial charge in [-0.3, -0.25) is 23.9 Å². The molecule has 1 aliphatic rings. The number of carbonyl (C=O) groups is 2. The number of nitrogens with one attached hydrogen (secondary N) is 1. The smallest absolute Gasteiger partial charge is 0.330 e. The molecule has 0 spiro atoms. The van der Waals surface area contributed by atoms with Gasteiger partial charge in [-0.05, 0) is 0 Å². The van der Waals surface area contributed by atoms with Gasteiger partial charge in [0.05, 0.1) is 0 Å². The Kier molecular flexibility index (Phi) is 4.76. The van der Waals surface area contributed by atoms with Gasteiger partial charge < -0.3 is 14.2 Å². The fraction of sp³-hybridized carbons (Fsp3) is 0.538. The van der Waals surface area contributed by atoms with E-state index in [1.54, 1.807) is 0 Å². The van der Waals surface area contributed by atoms with Crippen LogP contribution < -0.4 is 11.2 Å². The Hall–Kier alpha value is -2.42. The second kappa shape index (κ2) is 6.56. The van der Waals surface area contributed by atoms with E-state index in [-0.39, 0.29) is 13.0 Å². The molecule has 1 saturated heterocycles. The number of aromatic nitrogens is 2. The molecule has 2 rings (SSSR count). The molecule has 1 N–H and O–H groups in total. The van der Waals surface area contributed by atoms with Crippen LogP contribution in [-0.4, -0.2) is 40.3 Å². The van der Waals surface area contributed by atoms with E-state index in [0.717, 1.165) is 0 Å². The van der Waals surface area contributed by atoms with Crippen LogP contribution in [0.15, 0.2) is 21.9 Å². The lowest BCUT2D eigenvalue weighted by molar-refractivity contribution is -0.155. The van der Waals surface area contributed by atoms with Crippen molar-refractivity contribution in [1.29, 1.82) is 0 Å². The topological polar surface area (TPSA) is 117 Å². The fourth-order valence-electron chi connectivity index (χ4n) is 2.21. The van der Waals surface area contributed by atoms with E-state index in [1.165, 1.54) is 30.7 Å². The Bertz CT molecular complexity index is 677. The number of carbonyl (C=O) groups excluding carboxylic acids is 2. The van der Waals surface area contributed by atoms with E-state index in [0.29, 0.717) is 0 Å². The number of H-pyrrole nitrogens is 1. The van der Waals surface area contributed by atoms with E-state index in [1.807, 2.05) is 0 Å². The number of aromatic amines is 1. The average Bonchev–Trinajstić information content (AvgIpc) is 2.78. The quantitative estimate of drug-likeness (QED) is 0.578. The summed E-state index contributed by atoms with van der Waals surface area (Å²) in [4.78, 5) is 47.0. The van der Waals surface area contributed by atoms with E-state index in [9.17, 15) is 19.2 Å². The molecule has 3 atom stereocenters. The minimum absolute atomic E-state index is 0.0954. The van der Waals surface area contributed by atoms with Gasteiger partial charge in [0.25, 0.3) is 5.56 Å². The number of esters is 2. The molecule has 9 nitrogen and oxygen atoms in total. The summed E-state index contributed by atoms with van der Waals surface area (Å²) in [7, 11) is 0. The Morgan fingerprint density at radius 1 is 1.36 bits per heavy atom. The Balaban J connectivity index is 2.17. The van der Waals surface area contributed by atoms with Gasteiger partial charge in [-0.2, -0.15) is 0 Å². The van der Waals surface area contributed by atoms with Crippen LogP contribution in [0, 0.1) is 0 Å². The molecule has 0 aromatic carbocycles. The number of hydrogen-bond donors (Lipinski definition) is 1. The predicted octanol–water partition coefficient (Wildman–Crippen LogP) is -0.681. The fourth-order valence-corrected chi connectivity index (χ4v) is 2.21. The van der Waals surface area contributed by atoms with Crippen LogP contribution in [0.1, 0.15) is 26.5 Å². The molecule has 120 valence electrons. The van der Waals surface area contributed by atoms with Crippen molar-refractivity contribution in [2.45, 2.75) is 38.7 Å². The zero-order chi connectivity index (χ0) is 16.3.